The summed E-state index contributed by atoms with van der Waals surface area (Å²) in [5.74, 6) is 0.277. The SMILES string of the molecule is C[C@H](NC(=O)CC[C@@H](O)c1ccc(C(C)(C)C)cc1)c1ncon1. The van der Waals surface area contributed by atoms with Crippen molar-refractivity contribution >= 4 is 5.91 Å². The van der Waals surface area contributed by atoms with E-state index in [-0.39, 0.29) is 23.8 Å². The van der Waals surface area contributed by atoms with Gasteiger partial charge in [0.25, 0.3) is 0 Å². The van der Waals surface area contributed by atoms with Crippen LogP contribution >= 0.6 is 0 Å². The van der Waals surface area contributed by atoms with Crippen LogP contribution in [0.3, 0.4) is 0 Å². The van der Waals surface area contributed by atoms with Crippen molar-refractivity contribution in [3.05, 3.63) is 47.6 Å². The summed E-state index contributed by atoms with van der Waals surface area (Å²) in [6, 6.07) is 7.57. The highest BCUT2D eigenvalue weighted by Crippen LogP contribution is 2.25. The molecule has 0 aliphatic carbocycles. The number of hydrogen-bond donors (Lipinski definition) is 2. The van der Waals surface area contributed by atoms with Crippen molar-refractivity contribution in [2.75, 3.05) is 0 Å². The fraction of sp³-hybridized carbons (Fsp3) is 0.500. The number of carbonyl (C=O) groups excluding carboxylic acids is 1. The molecule has 0 saturated carbocycles. The molecule has 2 atom stereocenters. The minimum Gasteiger partial charge on any atom is -0.388 e. The predicted molar refractivity (Wildman–Crippen MR) is 90.2 cm³/mol. The van der Waals surface area contributed by atoms with Crippen LogP contribution in [0.2, 0.25) is 0 Å². The molecule has 0 fully saturated rings. The van der Waals surface area contributed by atoms with Crippen molar-refractivity contribution in [2.24, 2.45) is 0 Å². The molecular formula is C18H25N3O3. The fourth-order valence-electron chi connectivity index (χ4n) is 2.39. The maximum atomic E-state index is 12.0. The summed E-state index contributed by atoms with van der Waals surface area (Å²) in [6.45, 7) is 8.22. The third-order valence-electron chi connectivity index (χ3n) is 3.95. The van der Waals surface area contributed by atoms with Crippen LogP contribution in [-0.4, -0.2) is 21.2 Å². The Balaban J connectivity index is 1.84. The average molecular weight is 331 g/mol. The number of rotatable bonds is 6. The highest BCUT2D eigenvalue weighted by Gasteiger charge is 2.17. The highest BCUT2D eigenvalue weighted by atomic mass is 16.5. The molecular weight excluding hydrogens is 306 g/mol. The lowest BCUT2D eigenvalue weighted by atomic mass is 9.86. The molecule has 1 heterocycles. The Bertz CT molecular complexity index is 645. The van der Waals surface area contributed by atoms with E-state index in [4.69, 9.17) is 0 Å². The van der Waals surface area contributed by atoms with Crippen LogP contribution in [-0.2, 0) is 10.2 Å². The quantitative estimate of drug-likeness (QED) is 0.849. The third-order valence-corrected chi connectivity index (χ3v) is 3.95. The first-order valence-corrected chi connectivity index (χ1v) is 8.11. The zero-order chi connectivity index (χ0) is 17.7. The third kappa shape index (κ3) is 4.89. The molecule has 6 nitrogen and oxygen atoms in total. The van der Waals surface area contributed by atoms with Gasteiger partial charge in [0.2, 0.25) is 12.3 Å². The van der Waals surface area contributed by atoms with Crippen molar-refractivity contribution in [1.82, 2.24) is 15.5 Å². The summed E-state index contributed by atoms with van der Waals surface area (Å²) in [4.78, 5) is 15.9. The summed E-state index contributed by atoms with van der Waals surface area (Å²) in [7, 11) is 0. The summed E-state index contributed by atoms with van der Waals surface area (Å²) in [6.07, 6.45) is 1.15. The molecule has 6 heteroatoms. The van der Waals surface area contributed by atoms with E-state index in [1.165, 1.54) is 12.0 Å². The number of amides is 1. The lowest BCUT2D eigenvalue weighted by molar-refractivity contribution is -0.122. The van der Waals surface area contributed by atoms with Crippen LogP contribution in [0.4, 0.5) is 0 Å². The van der Waals surface area contributed by atoms with Crippen molar-refractivity contribution < 1.29 is 14.4 Å². The van der Waals surface area contributed by atoms with Crippen molar-refractivity contribution in [3.63, 3.8) is 0 Å². The van der Waals surface area contributed by atoms with Gasteiger partial charge in [0.05, 0.1) is 12.1 Å². The summed E-state index contributed by atoms with van der Waals surface area (Å²) in [5, 5.41) is 16.7. The molecule has 2 N–H and O–H groups in total. The molecule has 0 spiro atoms. The van der Waals surface area contributed by atoms with E-state index >= 15 is 0 Å². The number of nitrogens with zero attached hydrogens (tertiary/aromatic N) is 2. The molecule has 0 bridgehead atoms. The zero-order valence-corrected chi connectivity index (χ0v) is 14.6. The Hall–Kier alpha value is -2.21. The maximum Gasteiger partial charge on any atom is 0.220 e. The predicted octanol–water partition coefficient (Wildman–Crippen LogP) is 3.06. The van der Waals surface area contributed by atoms with Crippen LogP contribution in [0, 0.1) is 0 Å². The van der Waals surface area contributed by atoms with Crippen LogP contribution in [0.5, 0.6) is 0 Å². The van der Waals surface area contributed by atoms with Gasteiger partial charge >= 0.3 is 0 Å². The van der Waals surface area contributed by atoms with Crippen molar-refractivity contribution in [2.45, 2.75) is 58.1 Å². The Morgan fingerprint density at radius 1 is 1.29 bits per heavy atom. The maximum absolute atomic E-state index is 12.0. The number of hydrogen-bond acceptors (Lipinski definition) is 5. The van der Waals surface area contributed by atoms with Crippen molar-refractivity contribution in [3.8, 4) is 0 Å². The number of nitrogens with one attached hydrogen (secondary N) is 1. The van der Waals surface area contributed by atoms with Gasteiger partial charge in [0.1, 0.15) is 0 Å². The fourth-order valence-corrected chi connectivity index (χ4v) is 2.39. The molecule has 0 saturated heterocycles. The minimum atomic E-state index is -0.662. The molecule has 1 amide bonds. The second-order valence-corrected chi connectivity index (χ2v) is 7.01. The molecule has 0 radical (unpaired) electrons. The van der Waals surface area contributed by atoms with E-state index in [0.717, 1.165) is 5.56 Å². The molecule has 24 heavy (non-hydrogen) atoms. The summed E-state index contributed by atoms with van der Waals surface area (Å²) < 4.78 is 4.65. The lowest BCUT2D eigenvalue weighted by Crippen LogP contribution is -2.27. The normalized spacial score (nSPS) is 14.2. The molecule has 1 aromatic heterocycles. The Kier molecular flexibility index (Phi) is 5.72. The summed E-state index contributed by atoms with van der Waals surface area (Å²) in [5.41, 5.74) is 2.11. The molecule has 0 aliphatic rings. The van der Waals surface area contributed by atoms with Crippen LogP contribution in [0.25, 0.3) is 0 Å². The zero-order valence-electron chi connectivity index (χ0n) is 14.6. The van der Waals surface area contributed by atoms with Crippen LogP contribution in [0.1, 0.15) is 69.6 Å². The monoisotopic (exact) mass is 331 g/mol. The van der Waals surface area contributed by atoms with Gasteiger partial charge in [-0.2, -0.15) is 4.98 Å². The highest BCUT2D eigenvalue weighted by molar-refractivity contribution is 5.76. The topological polar surface area (TPSA) is 88.2 Å². The molecule has 1 aromatic carbocycles. The molecule has 0 unspecified atom stereocenters. The number of aliphatic hydroxyl groups excluding tert-OH is 1. The molecule has 130 valence electrons. The van der Waals surface area contributed by atoms with Crippen LogP contribution < -0.4 is 5.32 Å². The first kappa shape index (κ1) is 18.1. The van der Waals surface area contributed by atoms with Gasteiger partial charge in [-0.1, -0.05) is 50.2 Å². The van der Waals surface area contributed by atoms with E-state index < -0.39 is 6.10 Å². The Labute approximate surface area is 142 Å². The van der Waals surface area contributed by atoms with Gasteiger partial charge in [-0.05, 0) is 29.9 Å². The van der Waals surface area contributed by atoms with E-state index in [1.54, 1.807) is 6.92 Å². The number of aliphatic hydroxyl groups is 1. The number of aromatic nitrogens is 2. The van der Waals surface area contributed by atoms with Gasteiger partial charge in [0, 0.05) is 6.42 Å². The number of benzene rings is 1. The first-order valence-electron chi connectivity index (χ1n) is 8.11. The van der Waals surface area contributed by atoms with E-state index in [9.17, 15) is 9.90 Å². The molecule has 2 rings (SSSR count). The molecule has 2 aromatic rings. The average Bonchev–Trinajstić information content (AvgIpc) is 3.06. The van der Waals surface area contributed by atoms with Gasteiger partial charge in [-0.25, -0.2) is 0 Å². The second-order valence-electron chi connectivity index (χ2n) is 7.01. The summed E-state index contributed by atoms with van der Waals surface area (Å²) >= 11 is 0. The molecule has 0 aliphatic heterocycles. The van der Waals surface area contributed by atoms with Crippen molar-refractivity contribution in [1.29, 1.82) is 0 Å². The Morgan fingerprint density at radius 2 is 1.96 bits per heavy atom. The van der Waals surface area contributed by atoms with E-state index in [0.29, 0.717) is 12.2 Å². The van der Waals surface area contributed by atoms with Gasteiger partial charge in [-0.3, -0.25) is 4.79 Å². The van der Waals surface area contributed by atoms with E-state index in [2.05, 4.69) is 40.8 Å². The largest absolute Gasteiger partial charge is 0.388 e. The minimum absolute atomic E-state index is 0.0780. The van der Waals surface area contributed by atoms with Gasteiger partial charge in [-0.15, -0.1) is 0 Å². The first-order chi connectivity index (χ1) is 11.3. The standard InChI is InChI=1S/C18H25N3O3/c1-12(17-19-11-24-21-17)20-16(23)10-9-15(22)13-5-7-14(8-6-13)18(2,3)4/h5-8,11-12,15,22H,9-10H2,1-4H3,(H,20,23)/t12-,15+/m0/s1. The van der Waals surface area contributed by atoms with Gasteiger partial charge in [0.15, 0.2) is 5.82 Å². The second kappa shape index (κ2) is 7.57. The Morgan fingerprint density at radius 3 is 2.50 bits per heavy atom. The van der Waals surface area contributed by atoms with E-state index in [1.807, 2.05) is 24.3 Å². The smallest absolute Gasteiger partial charge is 0.220 e. The number of carbonyl (C=O) groups is 1. The van der Waals surface area contributed by atoms with Crippen LogP contribution in [0.15, 0.2) is 35.2 Å². The lowest BCUT2D eigenvalue weighted by Gasteiger charge is -2.20. The van der Waals surface area contributed by atoms with Gasteiger partial charge < -0.3 is 14.9 Å².